The van der Waals surface area contributed by atoms with Gasteiger partial charge in [0.25, 0.3) is 0 Å². The zero-order valence-corrected chi connectivity index (χ0v) is 18.2. The molecule has 2 rings (SSSR count). The van der Waals surface area contributed by atoms with Gasteiger partial charge >= 0.3 is 5.97 Å². The molecule has 0 aromatic rings. The fraction of sp³-hybridized carbons (Fsp3) is 0.783. The Morgan fingerprint density at radius 1 is 1.30 bits per heavy atom. The minimum absolute atomic E-state index is 0.0191. The molecule has 4 heteroatoms. The summed E-state index contributed by atoms with van der Waals surface area (Å²) in [5.41, 5.74) is 0.778. The number of allylic oxidation sites excluding steroid dienone is 2. The summed E-state index contributed by atoms with van der Waals surface area (Å²) in [6.07, 6.45) is 11.4. The molecular weight excluding hydrogens is 340 g/mol. The van der Waals surface area contributed by atoms with Gasteiger partial charge < -0.3 is 14.2 Å². The second-order valence-corrected chi connectivity index (χ2v) is 9.15. The molecule has 0 spiro atoms. The maximum atomic E-state index is 11.6. The van der Waals surface area contributed by atoms with Crippen molar-refractivity contribution in [2.24, 2.45) is 11.8 Å². The smallest absolute Gasteiger partial charge is 0.303 e. The number of carbonyl (C=O) groups is 1. The zero-order chi connectivity index (χ0) is 20.2. The summed E-state index contributed by atoms with van der Waals surface area (Å²) in [7, 11) is 1.73. The first-order valence-corrected chi connectivity index (χ1v) is 10.3. The van der Waals surface area contributed by atoms with Crippen LogP contribution in [0, 0.1) is 11.8 Å². The summed E-state index contributed by atoms with van der Waals surface area (Å²) in [5, 5.41) is 0. The quantitative estimate of drug-likeness (QED) is 0.384. The molecule has 27 heavy (non-hydrogen) atoms. The highest BCUT2D eigenvalue weighted by Crippen LogP contribution is 2.45. The van der Waals surface area contributed by atoms with E-state index in [2.05, 4.69) is 52.8 Å². The van der Waals surface area contributed by atoms with Gasteiger partial charge in [0.1, 0.15) is 6.10 Å². The maximum absolute atomic E-state index is 11.6. The van der Waals surface area contributed by atoms with Crippen molar-refractivity contribution in [2.75, 3.05) is 7.11 Å². The second kappa shape index (κ2) is 8.91. The Balaban J connectivity index is 2.29. The molecule has 0 saturated carbocycles. The Bertz CT molecular complexity index is 579. The number of ether oxygens (including phenoxy) is 3. The number of hydrogen-bond acceptors (Lipinski definition) is 4. The third kappa shape index (κ3) is 6.46. The van der Waals surface area contributed by atoms with Crippen LogP contribution in [-0.4, -0.2) is 36.5 Å². The van der Waals surface area contributed by atoms with Crippen molar-refractivity contribution in [1.82, 2.24) is 0 Å². The third-order valence-electron chi connectivity index (χ3n) is 6.22. The first-order valence-electron chi connectivity index (χ1n) is 10.3. The number of epoxide rings is 1. The van der Waals surface area contributed by atoms with E-state index in [1.54, 1.807) is 7.11 Å². The van der Waals surface area contributed by atoms with Crippen LogP contribution in [0.15, 0.2) is 23.8 Å². The lowest BCUT2D eigenvalue weighted by molar-refractivity contribution is -0.146. The zero-order valence-electron chi connectivity index (χ0n) is 18.2. The van der Waals surface area contributed by atoms with Gasteiger partial charge in [0.15, 0.2) is 0 Å². The maximum Gasteiger partial charge on any atom is 0.303 e. The molecule has 154 valence electrons. The van der Waals surface area contributed by atoms with Gasteiger partial charge in [-0.25, -0.2) is 0 Å². The van der Waals surface area contributed by atoms with Crippen LogP contribution < -0.4 is 0 Å². The first kappa shape index (κ1) is 22.2. The molecule has 1 heterocycles. The van der Waals surface area contributed by atoms with Gasteiger partial charge in [0, 0.05) is 20.5 Å². The van der Waals surface area contributed by atoms with E-state index in [4.69, 9.17) is 14.2 Å². The Morgan fingerprint density at radius 3 is 2.59 bits per heavy atom. The van der Waals surface area contributed by atoms with Crippen molar-refractivity contribution in [2.45, 2.75) is 97.1 Å². The molecule has 0 N–H and O–H groups in total. The summed E-state index contributed by atoms with van der Waals surface area (Å²) in [6.45, 7) is 12.4. The van der Waals surface area contributed by atoms with Gasteiger partial charge in [-0.2, -0.15) is 0 Å². The van der Waals surface area contributed by atoms with Gasteiger partial charge in [0.2, 0.25) is 0 Å². The molecule has 0 radical (unpaired) electrons. The van der Waals surface area contributed by atoms with Crippen molar-refractivity contribution in [1.29, 1.82) is 0 Å². The minimum Gasteiger partial charge on any atom is -0.458 e. The normalized spacial score (nSPS) is 41.0. The molecular formula is C23H38O4. The van der Waals surface area contributed by atoms with Crippen LogP contribution in [0.1, 0.15) is 73.6 Å². The van der Waals surface area contributed by atoms with Crippen LogP contribution in [0.3, 0.4) is 0 Å². The molecule has 0 aromatic carbocycles. The molecule has 1 fully saturated rings. The summed E-state index contributed by atoms with van der Waals surface area (Å²) in [5.74, 6) is 0.779. The fourth-order valence-electron chi connectivity index (χ4n) is 4.03. The van der Waals surface area contributed by atoms with Crippen LogP contribution in [-0.2, 0) is 19.0 Å². The molecule has 5 atom stereocenters. The van der Waals surface area contributed by atoms with Crippen LogP contribution in [0.2, 0.25) is 0 Å². The molecule has 2 aliphatic rings. The molecule has 4 nitrogen and oxygen atoms in total. The molecule has 1 aliphatic carbocycles. The van der Waals surface area contributed by atoms with E-state index in [-0.39, 0.29) is 17.7 Å². The van der Waals surface area contributed by atoms with Crippen molar-refractivity contribution in [3.8, 4) is 0 Å². The van der Waals surface area contributed by atoms with Crippen LogP contribution in [0.4, 0.5) is 0 Å². The van der Waals surface area contributed by atoms with Gasteiger partial charge in [-0.1, -0.05) is 31.6 Å². The Hall–Kier alpha value is -1.13. The molecule has 0 amide bonds. The van der Waals surface area contributed by atoms with E-state index in [1.807, 2.05) is 0 Å². The van der Waals surface area contributed by atoms with E-state index in [0.717, 1.165) is 25.7 Å². The summed E-state index contributed by atoms with van der Waals surface area (Å²) >= 11 is 0. The predicted molar refractivity (Wildman–Crippen MR) is 109 cm³/mol. The number of methoxy groups -OCH3 is 1. The van der Waals surface area contributed by atoms with Crippen molar-refractivity contribution in [3.05, 3.63) is 23.8 Å². The van der Waals surface area contributed by atoms with Gasteiger partial charge in [-0.15, -0.1) is 0 Å². The van der Waals surface area contributed by atoms with E-state index < -0.39 is 5.60 Å². The molecule has 0 aromatic heterocycles. The topological polar surface area (TPSA) is 48.1 Å². The number of esters is 1. The standard InChI is InChI=1S/C23H38O4/c1-16(2)19-10-12-22(5,25-7)15-20(26-18(4)24)14-17(3)8-9-21-23(6,27-21)13-11-19/h10,12,14,16,19-21H,8-9,11,13,15H2,1-7H3/b12-10+,17-14+/t19-,20-,21-,22-,23-/m0/s1. The van der Waals surface area contributed by atoms with Gasteiger partial charge in [0.05, 0.1) is 17.3 Å². The van der Waals surface area contributed by atoms with Gasteiger partial charge in [-0.3, -0.25) is 4.79 Å². The number of rotatable bonds is 3. The highest BCUT2D eigenvalue weighted by molar-refractivity contribution is 5.66. The fourth-order valence-corrected chi connectivity index (χ4v) is 4.03. The monoisotopic (exact) mass is 378 g/mol. The van der Waals surface area contributed by atoms with Crippen LogP contribution >= 0.6 is 0 Å². The minimum atomic E-state index is -0.476. The summed E-state index contributed by atoms with van der Waals surface area (Å²) < 4.78 is 17.5. The SMILES string of the molecule is CO[C@@]1(C)/C=C/[C@H](C(C)C)CC[C@]2(C)O[C@H]2CC/C(C)=C/[C@H](OC(C)=O)C1. The second-order valence-electron chi connectivity index (χ2n) is 9.15. The molecule has 0 bridgehead atoms. The average molecular weight is 379 g/mol. The number of hydrogen-bond donors (Lipinski definition) is 0. The Morgan fingerprint density at radius 2 is 2.00 bits per heavy atom. The van der Waals surface area contributed by atoms with Crippen molar-refractivity contribution < 1.29 is 19.0 Å². The average Bonchev–Trinajstić information content (AvgIpc) is 3.21. The highest BCUT2D eigenvalue weighted by atomic mass is 16.6. The van der Waals surface area contributed by atoms with Crippen molar-refractivity contribution in [3.63, 3.8) is 0 Å². The van der Waals surface area contributed by atoms with Crippen LogP contribution in [0.5, 0.6) is 0 Å². The molecule has 1 aliphatic heterocycles. The highest BCUT2D eigenvalue weighted by Gasteiger charge is 2.51. The van der Waals surface area contributed by atoms with E-state index in [0.29, 0.717) is 24.4 Å². The largest absolute Gasteiger partial charge is 0.458 e. The van der Waals surface area contributed by atoms with E-state index in [9.17, 15) is 4.79 Å². The molecule has 1 saturated heterocycles. The summed E-state index contributed by atoms with van der Waals surface area (Å²) in [4.78, 5) is 11.6. The molecule has 0 unspecified atom stereocenters. The number of fused-ring (bicyclic) bond motifs is 1. The van der Waals surface area contributed by atoms with E-state index in [1.165, 1.54) is 12.5 Å². The van der Waals surface area contributed by atoms with Crippen LogP contribution in [0.25, 0.3) is 0 Å². The lowest BCUT2D eigenvalue weighted by Gasteiger charge is -2.29. The lowest BCUT2D eigenvalue weighted by Crippen LogP contribution is -2.32. The predicted octanol–water partition coefficient (Wildman–Crippen LogP) is 5.22. The summed E-state index contributed by atoms with van der Waals surface area (Å²) in [6, 6.07) is 0. The van der Waals surface area contributed by atoms with Crippen molar-refractivity contribution >= 4 is 5.97 Å². The third-order valence-corrected chi connectivity index (χ3v) is 6.22. The number of carbonyl (C=O) groups excluding carboxylic acids is 1. The van der Waals surface area contributed by atoms with Gasteiger partial charge in [-0.05, 0) is 64.4 Å². The Kier molecular flexibility index (Phi) is 7.32. The Labute approximate surface area is 165 Å². The first-order chi connectivity index (χ1) is 12.6. The van der Waals surface area contributed by atoms with E-state index >= 15 is 0 Å². The lowest BCUT2D eigenvalue weighted by atomic mass is 9.84.